The molecule has 0 aliphatic carbocycles. The number of hydrogen-bond acceptors (Lipinski definition) is 6. The first-order valence-electron chi connectivity index (χ1n) is 12.0. The largest absolute Gasteiger partial charge is 0.494 e. The van der Waals surface area contributed by atoms with E-state index in [-0.39, 0.29) is 5.92 Å². The summed E-state index contributed by atoms with van der Waals surface area (Å²) in [5.41, 5.74) is 2.34. The lowest BCUT2D eigenvalue weighted by atomic mass is 9.96. The summed E-state index contributed by atoms with van der Waals surface area (Å²) in [4.78, 5) is 25.0. The molecule has 1 aromatic heterocycles. The minimum Gasteiger partial charge on any atom is -0.494 e. The number of nitrogens with zero attached hydrogens (tertiary/aromatic N) is 4. The number of fused-ring (bicyclic) bond motifs is 1. The maximum atomic E-state index is 13.3. The fourth-order valence-corrected chi connectivity index (χ4v) is 5.89. The smallest absolute Gasteiger partial charge is 0.227 e. The van der Waals surface area contributed by atoms with E-state index in [1.54, 1.807) is 11.3 Å². The molecule has 3 heterocycles. The highest BCUT2D eigenvalue weighted by molar-refractivity contribution is 7.22. The molecule has 5 rings (SSSR count). The molecular weight excluding hydrogens is 432 g/mol. The zero-order chi connectivity index (χ0) is 22.6. The molecule has 0 N–H and O–H groups in total. The number of amides is 1. The number of thiazole rings is 1. The molecular formula is C26H32N4O2S. The minimum absolute atomic E-state index is 0.0606. The summed E-state index contributed by atoms with van der Waals surface area (Å²) in [7, 11) is 0. The summed E-state index contributed by atoms with van der Waals surface area (Å²) in [6.45, 7) is 8.88. The van der Waals surface area contributed by atoms with Crippen molar-refractivity contribution in [3.63, 3.8) is 0 Å². The second-order valence-corrected chi connectivity index (χ2v) is 9.94. The molecule has 0 spiro atoms. The highest BCUT2D eigenvalue weighted by Gasteiger charge is 2.32. The number of carbonyl (C=O) groups excluding carboxylic acids is 1. The van der Waals surface area contributed by atoms with Gasteiger partial charge in [-0.3, -0.25) is 9.69 Å². The first-order valence-corrected chi connectivity index (χ1v) is 12.8. The summed E-state index contributed by atoms with van der Waals surface area (Å²) in [5.74, 6) is 1.27. The van der Waals surface area contributed by atoms with Gasteiger partial charge in [0.25, 0.3) is 0 Å². The van der Waals surface area contributed by atoms with Crippen LogP contribution in [0.4, 0.5) is 5.13 Å². The minimum atomic E-state index is 0.0606. The average Bonchev–Trinajstić information content (AvgIpc) is 3.29. The molecule has 2 fully saturated rings. The van der Waals surface area contributed by atoms with Gasteiger partial charge >= 0.3 is 0 Å². The van der Waals surface area contributed by atoms with Crippen molar-refractivity contribution in [1.29, 1.82) is 0 Å². The van der Waals surface area contributed by atoms with Crippen molar-refractivity contribution < 1.29 is 9.53 Å². The average molecular weight is 465 g/mol. The fourth-order valence-electron chi connectivity index (χ4n) is 4.86. The molecule has 174 valence electrons. The monoisotopic (exact) mass is 464 g/mol. The predicted molar refractivity (Wildman–Crippen MR) is 134 cm³/mol. The number of anilines is 1. The number of piperazine rings is 1. The van der Waals surface area contributed by atoms with Crippen molar-refractivity contribution in [1.82, 2.24) is 14.8 Å². The molecule has 1 amide bonds. The number of piperidine rings is 1. The Balaban J connectivity index is 1.18. The van der Waals surface area contributed by atoms with Gasteiger partial charge in [-0.1, -0.05) is 41.7 Å². The number of benzene rings is 2. The molecule has 2 saturated heterocycles. The van der Waals surface area contributed by atoms with Gasteiger partial charge in [-0.25, -0.2) is 4.98 Å². The van der Waals surface area contributed by atoms with E-state index in [0.29, 0.717) is 12.5 Å². The Morgan fingerprint density at radius 1 is 1.09 bits per heavy atom. The Kier molecular flexibility index (Phi) is 6.78. The van der Waals surface area contributed by atoms with Gasteiger partial charge in [0, 0.05) is 45.8 Å². The standard InChI is InChI=1S/C26H32N4O2S/c1-2-32-22-10-11-23-24(17-22)33-26(27-23)30-12-6-9-21(19-30)25(31)29-15-13-28(14-16-29)18-20-7-4-3-5-8-20/h3-5,7-8,10-11,17,21H,2,6,9,12-16,18-19H2,1H3. The van der Waals surface area contributed by atoms with Gasteiger partial charge in [0.1, 0.15) is 5.75 Å². The Labute approximate surface area is 199 Å². The number of aromatic nitrogens is 1. The lowest BCUT2D eigenvalue weighted by Crippen LogP contribution is -2.52. The Hall–Kier alpha value is -2.64. The zero-order valence-electron chi connectivity index (χ0n) is 19.3. The van der Waals surface area contributed by atoms with Crippen molar-refractivity contribution in [2.45, 2.75) is 26.3 Å². The van der Waals surface area contributed by atoms with E-state index >= 15 is 0 Å². The number of hydrogen-bond donors (Lipinski definition) is 0. The van der Waals surface area contributed by atoms with Crippen LogP contribution in [0.5, 0.6) is 5.75 Å². The van der Waals surface area contributed by atoms with Crippen molar-refractivity contribution >= 4 is 32.6 Å². The molecule has 0 bridgehead atoms. The summed E-state index contributed by atoms with van der Waals surface area (Å²) in [6, 6.07) is 16.7. The summed E-state index contributed by atoms with van der Waals surface area (Å²) < 4.78 is 6.77. The molecule has 33 heavy (non-hydrogen) atoms. The van der Waals surface area contributed by atoms with Crippen molar-refractivity contribution in [3.8, 4) is 5.75 Å². The van der Waals surface area contributed by atoms with Crippen LogP contribution in [-0.4, -0.2) is 66.6 Å². The molecule has 6 nitrogen and oxygen atoms in total. The highest BCUT2D eigenvalue weighted by Crippen LogP contribution is 2.34. The maximum absolute atomic E-state index is 13.3. The summed E-state index contributed by atoms with van der Waals surface area (Å²) >= 11 is 1.70. The van der Waals surface area contributed by atoms with Gasteiger partial charge in [0.05, 0.1) is 22.7 Å². The molecule has 2 aliphatic heterocycles. The van der Waals surface area contributed by atoms with Gasteiger partial charge in [-0.15, -0.1) is 0 Å². The van der Waals surface area contributed by atoms with E-state index in [2.05, 4.69) is 51.1 Å². The Morgan fingerprint density at radius 2 is 1.91 bits per heavy atom. The third-order valence-electron chi connectivity index (χ3n) is 6.63. The lowest BCUT2D eigenvalue weighted by molar-refractivity contribution is -0.137. The Morgan fingerprint density at radius 3 is 2.70 bits per heavy atom. The number of rotatable bonds is 6. The molecule has 1 atom stereocenters. The van der Waals surface area contributed by atoms with Gasteiger partial charge < -0.3 is 14.5 Å². The molecule has 7 heteroatoms. The summed E-state index contributed by atoms with van der Waals surface area (Å²) in [5, 5.41) is 1.02. The van der Waals surface area contributed by atoms with Gasteiger partial charge in [0.15, 0.2) is 5.13 Å². The van der Waals surface area contributed by atoms with Crippen LogP contribution in [0.3, 0.4) is 0 Å². The third-order valence-corrected chi connectivity index (χ3v) is 7.71. The van der Waals surface area contributed by atoms with E-state index in [1.165, 1.54) is 5.56 Å². The molecule has 1 unspecified atom stereocenters. The normalized spacial score (nSPS) is 19.7. The molecule has 3 aromatic rings. The topological polar surface area (TPSA) is 48.9 Å². The van der Waals surface area contributed by atoms with Crippen LogP contribution in [0, 0.1) is 5.92 Å². The van der Waals surface area contributed by atoms with E-state index < -0.39 is 0 Å². The quantitative estimate of drug-likeness (QED) is 0.546. The van der Waals surface area contributed by atoms with Crippen LogP contribution < -0.4 is 9.64 Å². The fraction of sp³-hybridized carbons (Fsp3) is 0.462. The van der Waals surface area contributed by atoms with Crippen LogP contribution in [0.15, 0.2) is 48.5 Å². The highest BCUT2D eigenvalue weighted by atomic mass is 32.1. The summed E-state index contributed by atoms with van der Waals surface area (Å²) in [6.07, 6.45) is 2.00. The molecule has 2 aromatic carbocycles. The molecule has 0 radical (unpaired) electrons. The van der Waals surface area contributed by atoms with Crippen LogP contribution in [0.25, 0.3) is 10.2 Å². The van der Waals surface area contributed by atoms with Crippen LogP contribution >= 0.6 is 11.3 Å². The SMILES string of the molecule is CCOc1ccc2nc(N3CCCC(C(=O)N4CCN(Cc5ccccc5)CC4)C3)sc2c1. The lowest BCUT2D eigenvalue weighted by Gasteiger charge is -2.39. The van der Waals surface area contributed by atoms with Crippen LogP contribution in [0.1, 0.15) is 25.3 Å². The maximum Gasteiger partial charge on any atom is 0.227 e. The first kappa shape index (κ1) is 22.2. The second-order valence-electron chi connectivity index (χ2n) is 8.93. The van der Waals surface area contributed by atoms with Gasteiger partial charge in [0.2, 0.25) is 5.91 Å². The number of ether oxygens (including phenoxy) is 1. The predicted octanol–water partition coefficient (Wildman–Crippen LogP) is 4.26. The van der Waals surface area contributed by atoms with E-state index in [0.717, 1.165) is 79.8 Å². The van der Waals surface area contributed by atoms with E-state index in [4.69, 9.17) is 9.72 Å². The first-order chi connectivity index (χ1) is 16.2. The second kappa shape index (κ2) is 10.1. The van der Waals surface area contributed by atoms with Crippen molar-refractivity contribution in [2.24, 2.45) is 5.92 Å². The van der Waals surface area contributed by atoms with Crippen molar-refractivity contribution in [2.75, 3.05) is 50.8 Å². The third kappa shape index (κ3) is 5.14. The van der Waals surface area contributed by atoms with Gasteiger partial charge in [-0.05, 0) is 43.5 Å². The molecule has 0 saturated carbocycles. The number of carbonyl (C=O) groups is 1. The Bertz CT molecular complexity index is 1080. The van der Waals surface area contributed by atoms with Crippen LogP contribution in [-0.2, 0) is 11.3 Å². The van der Waals surface area contributed by atoms with Gasteiger partial charge in [-0.2, -0.15) is 0 Å². The van der Waals surface area contributed by atoms with E-state index in [9.17, 15) is 4.79 Å². The van der Waals surface area contributed by atoms with Crippen molar-refractivity contribution in [3.05, 3.63) is 54.1 Å². The van der Waals surface area contributed by atoms with E-state index in [1.807, 2.05) is 19.1 Å². The zero-order valence-corrected chi connectivity index (χ0v) is 20.1. The van der Waals surface area contributed by atoms with Crippen LogP contribution in [0.2, 0.25) is 0 Å². The molecule has 2 aliphatic rings.